The third-order valence-electron chi connectivity index (χ3n) is 6.51. The van der Waals surface area contributed by atoms with Gasteiger partial charge in [0.25, 0.3) is 5.91 Å². The maximum Gasteiger partial charge on any atom is 0.252 e. The summed E-state index contributed by atoms with van der Waals surface area (Å²) in [6.07, 6.45) is 2.47. The fourth-order valence-corrected chi connectivity index (χ4v) is 5.28. The van der Waals surface area contributed by atoms with Gasteiger partial charge in [-0.2, -0.15) is 0 Å². The maximum atomic E-state index is 12.7. The summed E-state index contributed by atoms with van der Waals surface area (Å²) in [5.74, 6) is 0.612. The standard InChI is InChI=1S/C29H33N5O3S/c1-22(21-33-11-15-36-16-12-33)29(35)31-24-3-2-4-26(20-24)38-28-9-10-30-27(32-28)19-23-5-7-25(8-6-23)34-13-17-37-18-14-34/h2-10,20H,1,11-19,21H2,(H,31,35). The molecular formula is C29H33N5O3S. The Bertz CT molecular complexity index is 1240. The number of carbonyl (C=O) groups is 1. The molecule has 0 unspecified atom stereocenters. The Morgan fingerprint density at radius 1 is 0.974 bits per heavy atom. The van der Waals surface area contributed by atoms with E-state index in [1.165, 1.54) is 11.3 Å². The van der Waals surface area contributed by atoms with Crippen LogP contribution >= 0.6 is 11.8 Å². The predicted octanol–water partition coefficient (Wildman–Crippen LogP) is 3.88. The van der Waals surface area contributed by atoms with Crippen LogP contribution < -0.4 is 10.2 Å². The number of nitrogens with one attached hydrogen (secondary N) is 1. The molecule has 8 nitrogen and oxygen atoms in total. The van der Waals surface area contributed by atoms with Crippen molar-refractivity contribution in [1.29, 1.82) is 0 Å². The number of ether oxygens (including phenoxy) is 2. The number of benzene rings is 2. The van der Waals surface area contributed by atoms with Crippen LogP contribution in [0, 0.1) is 0 Å². The summed E-state index contributed by atoms with van der Waals surface area (Å²) in [4.78, 5) is 27.4. The molecule has 0 bridgehead atoms. The van der Waals surface area contributed by atoms with E-state index >= 15 is 0 Å². The molecule has 0 saturated carbocycles. The Balaban J connectivity index is 1.17. The van der Waals surface area contributed by atoms with E-state index < -0.39 is 0 Å². The van der Waals surface area contributed by atoms with Crippen LogP contribution in [0.3, 0.4) is 0 Å². The van der Waals surface area contributed by atoms with E-state index in [1.807, 2.05) is 30.3 Å². The van der Waals surface area contributed by atoms with Gasteiger partial charge in [-0.15, -0.1) is 0 Å². The van der Waals surface area contributed by atoms with Crippen molar-refractivity contribution in [2.75, 3.05) is 69.4 Å². The zero-order chi connectivity index (χ0) is 26.2. The molecule has 0 spiro atoms. The molecule has 1 N–H and O–H groups in total. The smallest absolute Gasteiger partial charge is 0.252 e. The van der Waals surface area contributed by atoms with Crippen molar-refractivity contribution in [2.45, 2.75) is 16.3 Å². The topological polar surface area (TPSA) is 79.8 Å². The van der Waals surface area contributed by atoms with Gasteiger partial charge in [0.05, 0.1) is 26.4 Å². The van der Waals surface area contributed by atoms with Crippen LogP contribution in [0.4, 0.5) is 11.4 Å². The highest BCUT2D eigenvalue weighted by molar-refractivity contribution is 7.99. The minimum absolute atomic E-state index is 0.164. The zero-order valence-electron chi connectivity index (χ0n) is 21.5. The van der Waals surface area contributed by atoms with Crippen LogP contribution in [0.2, 0.25) is 0 Å². The van der Waals surface area contributed by atoms with Gasteiger partial charge >= 0.3 is 0 Å². The summed E-state index contributed by atoms with van der Waals surface area (Å²) < 4.78 is 10.8. The second-order valence-corrected chi connectivity index (χ2v) is 10.4. The molecule has 198 valence electrons. The lowest BCUT2D eigenvalue weighted by molar-refractivity contribution is -0.113. The lowest BCUT2D eigenvalue weighted by Gasteiger charge is -2.28. The Kier molecular flexibility index (Phi) is 9.03. The monoisotopic (exact) mass is 531 g/mol. The molecule has 2 saturated heterocycles. The van der Waals surface area contributed by atoms with Crippen LogP contribution in [0.5, 0.6) is 0 Å². The number of aromatic nitrogens is 2. The van der Waals surface area contributed by atoms with E-state index in [1.54, 1.807) is 18.0 Å². The van der Waals surface area contributed by atoms with Gasteiger partial charge in [-0.1, -0.05) is 36.5 Å². The van der Waals surface area contributed by atoms with Crippen LogP contribution in [0.25, 0.3) is 0 Å². The highest BCUT2D eigenvalue weighted by Crippen LogP contribution is 2.28. The second kappa shape index (κ2) is 13.0. The third kappa shape index (κ3) is 7.41. The number of hydrogen-bond donors (Lipinski definition) is 1. The zero-order valence-corrected chi connectivity index (χ0v) is 22.3. The molecule has 0 radical (unpaired) electrons. The van der Waals surface area contributed by atoms with Gasteiger partial charge in [0.2, 0.25) is 0 Å². The quantitative estimate of drug-likeness (QED) is 0.329. The summed E-state index contributed by atoms with van der Waals surface area (Å²) in [6, 6.07) is 18.3. The number of morpholine rings is 2. The minimum Gasteiger partial charge on any atom is -0.379 e. The van der Waals surface area contributed by atoms with Gasteiger partial charge in [0.1, 0.15) is 10.9 Å². The first kappa shape index (κ1) is 26.4. The number of anilines is 2. The number of rotatable bonds is 9. The molecular weight excluding hydrogens is 498 g/mol. The summed E-state index contributed by atoms with van der Waals surface area (Å²) in [5.41, 5.74) is 3.67. The lowest BCUT2D eigenvalue weighted by atomic mass is 10.1. The molecule has 3 heterocycles. The first-order valence-corrected chi connectivity index (χ1v) is 13.7. The van der Waals surface area contributed by atoms with Crippen molar-refractivity contribution in [3.63, 3.8) is 0 Å². The van der Waals surface area contributed by atoms with Gasteiger partial charge in [0.15, 0.2) is 0 Å². The summed E-state index contributed by atoms with van der Waals surface area (Å²) >= 11 is 1.55. The molecule has 5 rings (SSSR count). The lowest BCUT2D eigenvalue weighted by Crippen LogP contribution is -2.38. The summed E-state index contributed by atoms with van der Waals surface area (Å²) in [5, 5.41) is 3.84. The van der Waals surface area contributed by atoms with E-state index in [9.17, 15) is 4.79 Å². The van der Waals surface area contributed by atoms with Crippen LogP contribution in [-0.4, -0.2) is 79.9 Å². The SMILES string of the molecule is C=C(CN1CCOCC1)C(=O)Nc1cccc(Sc2ccnc(Cc3ccc(N4CCOCC4)cc3)n2)c1. The van der Waals surface area contributed by atoms with Gasteiger partial charge in [0, 0.05) is 67.2 Å². The number of nitrogens with zero attached hydrogens (tertiary/aromatic N) is 4. The van der Waals surface area contributed by atoms with Gasteiger partial charge in [-0.05, 0) is 42.0 Å². The Morgan fingerprint density at radius 3 is 2.47 bits per heavy atom. The molecule has 9 heteroatoms. The first-order valence-electron chi connectivity index (χ1n) is 12.9. The molecule has 2 aromatic carbocycles. The van der Waals surface area contributed by atoms with Gasteiger partial charge in [-0.25, -0.2) is 9.97 Å². The second-order valence-electron chi connectivity index (χ2n) is 9.33. The Morgan fingerprint density at radius 2 is 1.71 bits per heavy atom. The molecule has 2 aliphatic heterocycles. The average molecular weight is 532 g/mol. The molecule has 2 fully saturated rings. The van der Waals surface area contributed by atoms with E-state index in [-0.39, 0.29) is 5.91 Å². The van der Waals surface area contributed by atoms with Crippen molar-refractivity contribution in [2.24, 2.45) is 0 Å². The van der Waals surface area contributed by atoms with Crippen molar-refractivity contribution >= 4 is 29.0 Å². The van der Waals surface area contributed by atoms with Crippen molar-refractivity contribution < 1.29 is 14.3 Å². The number of hydrogen-bond acceptors (Lipinski definition) is 8. The van der Waals surface area contributed by atoms with E-state index in [0.717, 1.165) is 60.8 Å². The van der Waals surface area contributed by atoms with E-state index in [2.05, 4.69) is 50.9 Å². The van der Waals surface area contributed by atoms with Crippen molar-refractivity contribution in [3.8, 4) is 0 Å². The molecule has 3 aromatic rings. The highest BCUT2D eigenvalue weighted by Gasteiger charge is 2.16. The minimum atomic E-state index is -0.164. The predicted molar refractivity (Wildman–Crippen MR) is 150 cm³/mol. The van der Waals surface area contributed by atoms with Crippen molar-refractivity contribution in [1.82, 2.24) is 14.9 Å². The van der Waals surface area contributed by atoms with Crippen LogP contribution in [-0.2, 0) is 20.7 Å². The fraction of sp³-hybridized carbons (Fsp3) is 0.345. The Labute approximate surface area is 228 Å². The molecule has 0 atom stereocenters. The molecule has 1 aromatic heterocycles. The van der Waals surface area contributed by atoms with Gasteiger partial charge in [-0.3, -0.25) is 9.69 Å². The van der Waals surface area contributed by atoms with Gasteiger partial charge < -0.3 is 19.7 Å². The first-order chi connectivity index (χ1) is 18.6. The number of amides is 1. The largest absolute Gasteiger partial charge is 0.379 e. The summed E-state index contributed by atoms with van der Waals surface area (Å²) in [6.45, 7) is 11.0. The van der Waals surface area contributed by atoms with E-state index in [4.69, 9.17) is 14.5 Å². The normalized spacial score (nSPS) is 16.3. The van der Waals surface area contributed by atoms with Crippen molar-refractivity contribution in [3.05, 3.63) is 84.3 Å². The maximum absolute atomic E-state index is 12.7. The van der Waals surface area contributed by atoms with E-state index in [0.29, 0.717) is 31.8 Å². The van der Waals surface area contributed by atoms with Crippen LogP contribution in [0.1, 0.15) is 11.4 Å². The average Bonchev–Trinajstić information content (AvgIpc) is 2.95. The molecule has 0 aliphatic carbocycles. The Hall–Kier alpha value is -3.24. The molecule has 38 heavy (non-hydrogen) atoms. The number of carbonyl (C=O) groups excluding carboxylic acids is 1. The molecule has 2 aliphatic rings. The van der Waals surface area contributed by atoms with Crippen LogP contribution in [0.15, 0.2) is 82.9 Å². The molecule has 1 amide bonds. The fourth-order valence-electron chi connectivity index (χ4n) is 4.43. The summed E-state index contributed by atoms with van der Waals surface area (Å²) in [7, 11) is 0. The third-order valence-corrected chi connectivity index (χ3v) is 7.43. The highest BCUT2D eigenvalue weighted by atomic mass is 32.2.